The molecule has 1 aliphatic heterocycles. The first-order valence-electron chi connectivity index (χ1n) is 13.5. The lowest BCUT2D eigenvalue weighted by molar-refractivity contribution is -0.137. The number of nitrogens with zero attached hydrogens (tertiary/aromatic N) is 3. The number of carbonyl (C=O) groups excluding carboxylic acids is 2. The van der Waals surface area contributed by atoms with E-state index in [0.717, 1.165) is 11.6 Å². The van der Waals surface area contributed by atoms with Gasteiger partial charge in [-0.3, -0.25) is 14.5 Å². The molecule has 1 unspecified atom stereocenters. The summed E-state index contributed by atoms with van der Waals surface area (Å²) in [6.07, 6.45) is -3.33. The number of likely N-dealkylation sites (N-methyl/N-ethyl adjacent to an activating group) is 1. The zero-order valence-corrected chi connectivity index (χ0v) is 22.7. The van der Waals surface area contributed by atoms with E-state index in [0.29, 0.717) is 52.1 Å². The third-order valence-corrected chi connectivity index (χ3v) is 7.37. The first-order valence-corrected chi connectivity index (χ1v) is 13.5. The van der Waals surface area contributed by atoms with E-state index < -0.39 is 17.8 Å². The van der Waals surface area contributed by atoms with Gasteiger partial charge in [0.2, 0.25) is 11.8 Å². The molecule has 0 bridgehead atoms. The van der Waals surface area contributed by atoms with Crippen molar-refractivity contribution in [1.29, 1.82) is 0 Å². The smallest absolute Gasteiger partial charge is 0.368 e. The number of rotatable bonds is 10. The van der Waals surface area contributed by atoms with Crippen LogP contribution in [0.15, 0.2) is 48.5 Å². The maximum Gasteiger partial charge on any atom is 0.418 e. The summed E-state index contributed by atoms with van der Waals surface area (Å²) >= 11 is 0. The summed E-state index contributed by atoms with van der Waals surface area (Å²) in [6.45, 7) is 10.4. The van der Waals surface area contributed by atoms with Gasteiger partial charge >= 0.3 is 6.18 Å². The Morgan fingerprint density at radius 2 is 1.53 bits per heavy atom. The number of nitrogens with one attached hydrogen (secondary N) is 1. The Morgan fingerprint density at radius 3 is 2.05 bits per heavy atom. The minimum atomic E-state index is -4.58. The number of carbonyl (C=O) groups is 2. The molecule has 2 amide bonds. The molecule has 1 heterocycles. The summed E-state index contributed by atoms with van der Waals surface area (Å²) < 4.78 is 42.3. The highest BCUT2D eigenvalue weighted by atomic mass is 19.4. The van der Waals surface area contributed by atoms with E-state index in [2.05, 4.69) is 10.2 Å². The van der Waals surface area contributed by atoms with Gasteiger partial charge in [0.25, 0.3) is 0 Å². The van der Waals surface area contributed by atoms with Crippen molar-refractivity contribution in [3.05, 3.63) is 59.7 Å². The van der Waals surface area contributed by atoms with Crippen LogP contribution in [0.5, 0.6) is 0 Å². The number of hydrogen-bond acceptors (Lipinski definition) is 4. The number of halogens is 3. The maximum atomic E-state index is 14.1. The number of piperazine rings is 1. The SMILES string of the molecule is CCC(CC)C(=O)Nc1ccc(N2CCN(C(C(=O)N(CC)CC)c3ccccc3)CC2)c(C(F)(F)F)c1. The zero-order chi connectivity index (χ0) is 27.9. The second kappa shape index (κ2) is 13.1. The monoisotopic (exact) mass is 532 g/mol. The van der Waals surface area contributed by atoms with Crippen LogP contribution in [0.3, 0.4) is 0 Å². The molecule has 2 aromatic rings. The van der Waals surface area contributed by atoms with Crippen molar-refractivity contribution in [2.24, 2.45) is 5.92 Å². The number of anilines is 2. The number of hydrogen-bond donors (Lipinski definition) is 1. The van der Waals surface area contributed by atoms with E-state index in [-0.39, 0.29) is 29.1 Å². The van der Waals surface area contributed by atoms with Crippen LogP contribution in [0.2, 0.25) is 0 Å². The molecule has 0 aromatic heterocycles. The van der Waals surface area contributed by atoms with E-state index in [9.17, 15) is 22.8 Å². The molecule has 0 aliphatic carbocycles. The van der Waals surface area contributed by atoms with Crippen LogP contribution in [0.25, 0.3) is 0 Å². The molecule has 0 spiro atoms. The van der Waals surface area contributed by atoms with Gasteiger partial charge in [-0.05, 0) is 50.5 Å². The van der Waals surface area contributed by atoms with Crippen LogP contribution < -0.4 is 10.2 Å². The van der Waals surface area contributed by atoms with Gasteiger partial charge in [0.15, 0.2) is 0 Å². The highest BCUT2D eigenvalue weighted by molar-refractivity contribution is 5.93. The van der Waals surface area contributed by atoms with E-state index >= 15 is 0 Å². The number of amides is 2. The topological polar surface area (TPSA) is 55.9 Å². The van der Waals surface area contributed by atoms with Crippen molar-refractivity contribution >= 4 is 23.2 Å². The highest BCUT2D eigenvalue weighted by Crippen LogP contribution is 2.39. The Kier molecular flexibility index (Phi) is 10.2. The van der Waals surface area contributed by atoms with Crippen LogP contribution in [0.1, 0.15) is 57.7 Å². The van der Waals surface area contributed by atoms with Crippen LogP contribution in [-0.2, 0) is 15.8 Å². The molecule has 1 aliphatic rings. The molecule has 38 heavy (non-hydrogen) atoms. The first kappa shape index (κ1) is 29.5. The van der Waals surface area contributed by atoms with Crippen LogP contribution in [0.4, 0.5) is 24.5 Å². The van der Waals surface area contributed by atoms with E-state index in [1.807, 2.05) is 58.0 Å². The molecule has 2 aromatic carbocycles. The van der Waals surface area contributed by atoms with E-state index in [1.54, 1.807) is 9.80 Å². The lowest BCUT2D eigenvalue weighted by atomic mass is 10.0. The third kappa shape index (κ3) is 6.87. The van der Waals surface area contributed by atoms with Crippen molar-refractivity contribution in [3.8, 4) is 0 Å². The molecule has 9 heteroatoms. The molecular formula is C29H39F3N4O2. The second-order valence-electron chi connectivity index (χ2n) is 9.58. The average Bonchev–Trinajstić information content (AvgIpc) is 2.91. The van der Waals surface area contributed by atoms with Gasteiger partial charge in [0.05, 0.1) is 5.56 Å². The Morgan fingerprint density at radius 1 is 0.921 bits per heavy atom. The van der Waals surface area contributed by atoms with Gasteiger partial charge in [-0.2, -0.15) is 13.2 Å². The largest absolute Gasteiger partial charge is 0.418 e. The van der Waals surface area contributed by atoms with Crippen LogP contribution >= 0.6 is 0 Å². The lowest BCUT2D eigenvalue weighted by Crippen LogP contribution is -2.52. The fourth-order valence-corrected chi connectivity index (χ4v) is 5.09. The molecule has 0 radical (unpaired) electrons. The predicted octanol–water partition coefficient (Wildman–Crippen LogP) is 5.81. The fraction of sp³-hybridized carbons (Fsp3) is 0.517. The Labute approximate surface area is 223 Å². The molecule has 6 nitrogen and oxygen atoms in total. The van der Waals surface area contributed by atoms with E-state index in [1.165, 1.54) is 12.1 Å². The Balaban J connectivity index is 1.82. The fourth-order valence-electron chi connectivity index (χ4n) is 5.09. The highest BCUT2D eigenvalue weighted by Gasteiger charge is 2.38. The van der Waals surface area contributed by atoms with Crippen molar-refractivity contribution < 1.29 is 22.8 Å². The number of benzene rings is 2. The van der Waals surface area contributed by atoms with Gasteiger partial charge in [0.1, 0.15) is 6.04 Å². The Bertz CT molecular complexity index is 1060. The minimum Gasteiger partial charge on any atom is -0.368 e. The van der Waals surface area contributed by atoms with Crippen LogP contribution in [-0.4, -0.2) is 60.9 Å². The predicted molar refractivity (Wildman–Crippen MR) is 145 cm³/mol. The third-order valence-electron chi connectivity index (χ3n) is 7.37. The number of alkyl halides is 3. The van der Waals surface area contributed by atoms with Crippen molar-refractivity contribution in [1.82, 2.24) is 9.80 Å². The summed E-state index contributed by atoms with van der Waals surface area (Å²) in [5.74, 6) is -0.508. The maximum absolute atomic E-state index is 14.1. The molecule has 208 valence electrons. The van der Waals surface area contributed by atoms with Gasteiger partial charge in [-0.1, -0.05) is 44.2 Å². The summed E-state index contributed by atoms with van der Waals surface area (Å²) in [6, 6.07) is 13.1. The van der Waals surface area contributed by atoms with Gasteiger partial charge in [-0.15, -0.1) is 0 Å². The van der Waals surface area contributed by atoms with E-state index in [4.69, 9.17) is 0 Å². The molecule has 3 rings (SSSR count). The van der Waals surface area contributed by atoms with Gasteiger partial charge < -0.3 is 15.1 Å². The summed E-state index contributed by atoms with van der Waals surface area (Å²) in [5, 5.41) is 2.65. The molecule has 1 N–H and O–H groups in total. The summed E-state index contributed by atoms with van der Waals surface area (Å²) in [7, 11) is 0. The molecular weight excluding hydrogens is 493 g/mol. The second-order valence-corrected chi connectivity index (χ2v) is 9.58. The quantitative estimate of drug-likeness (QED) is 0.420. The van der Waals surface area contributed by atoms with Crippen molar-refractivity contribution in [3.63, 3.8) is 0 Å². The summed E-state index contributed by atoms with van der Waals surface area (Å²) in [4.78, 5) is 31.5. The molecule has 1 fully saturated rings. The first-order chi connectivity index (χ1) is 18.1. The lowest BCUT2D eigenvalue weighted by Gasteiger charge is -2.41. The zero-order valence-electron chi connectivity index (χ0n) is 22.7. The summed E-state index contributed by atoms with van der Waals surface area (Å²) in [5.41, 5.74) is 0.341. The average molecular weight is 533 g/mol. The Hall–Kier alpha value is -3.07. The molecule has 1 atom stereocenters. The van der Waals surface area contributed by atoms with Gasteiger partial charge in [0, 0.05) is 56.6 Å². The van der Waals surface area contributed by atoms with Crippen molar-refractivity contribution in [2.75, 3.05) is 49.5 Å². The normalized spacial score (nSPS) is 15.4. The molecule has 1 saturated heterocycles. The standard InChI is InChI=1S/C29H39F3N4O2/c1-5-21(6-2)27(37)33-23-14-15-25(24(20-23)29(30,31)32)35-16-18-36(19-17-35)26(22-12-10-9-11-13-22)28(38)34(7-3)8-4/h9-15,20-21,26H,5-8,16-19H2,1-4H3,(H,33,37). The minimum absolute atomic E-state index is 0.00295. The molecule has 0 saturated carbocycles. The van der Waals surface area contributed by atoms with Crippen molar-refractivity contribution in [2.45, 2.75) is 52.8 Å². The van der Waals surface area contributed by atoms with Gasteiger partial charge in [-0.25, -0.2) is 0 Å². The van der Waals surface area contributed by atoms with Crippen LogP contribution in [0, 0.1) is 5.92 Å².